The fourth-order valence-electron chi connectivity index (χ4n) is 1.84. The molecule has 0 saturated heterocycles. The number of rotatable bonds is 4. The summed E-state index contributed by atoms with van der Waals surface area (Å²) in [5, 5.41) is 0. The molecule has 0 radical (unpaired) electrons. The molecule has 0 fully saturated rings. The molecule has 0 aliphatic rings. The molecular weight excluding hydrogens is 274 g/mol. The Morgan fingerprint density at radius 1 is 1.00 bits per heavy atom. The maximum atomic E-state index is 12.4. The summed E-state index contributed by atoms with van der Waals surface area (Å²) in [7, 11) is -3.68. The van der Waals surface area contributed by atoms with E-state index in [1.807, 2.05) is 19.9 Å². The second kappa shape index (κ2) is 5.52. The van der Waals surface area contributed by atoms with Crippen LogP contribution in [0.2, 0.25) is 0 Å². The molecule has 4 N–H and O–H groups in total. The zero-order valence-corrected chi connectivity index (χ0v) is 12.2. The summed E-state index contributed by atoms with van der Waals surface area (Å²) in [5.41, 5.74) is 5.40. The van der Waals surface area contributed by atoms with E-state index in [1.54, 1.807) is 30.3 Å². The lowest BCUT2D eigenvalue weighted by molar-refractivity contribution is 0.601. The number of hydrazine groups is 1. The van der Waals surface area contributed by atoms with Crippen LogP contribution in [0, 0.1) is 13.8 Å². The van der Waals surface area contributed by atoms with Crippen molar-refractivity contribution in [1.82, 2.24) is 0 Å². The lowest BCUT2D eigenvalue weighted by Gasteiger charge is -2.12. The summed E-state index contributed by atoms with van der Waals surface area (Å²) in [6, 6.07) is 11.9. The van der Waals surface area contributed by atoms with Gasteiger partial charge in [-0.15, -0.1) is 0 Å². The molecule has 0 aliphatic heterocycles. The summed E-state index contributed by atoms with van der Waals surface area (Å²) in [4.78, 5) is 0.112. The highest BCUT2D eigenvalue weighted by atomic mass is 32.2. The van der Waals surface area contributed by atoms with Crippen molar-refractivity contribution in [2.45, 2.75) is 18.7 Å². The molecule has 20 heavy (non-hydrogen) atoms. The molecule has 2 aromatic rings. The van der Waals surface area contributed by atoms with Gasteiger partial charge in [0.25, 0.3) is 10.0 Å². The van der Waals surface area contributed by atoms with Crippen molar-refractivity contribution >= 4 is 21.4 Å². The number of anilines is 2. The molecule has 0 amide bonds. The van der Waals surface area contributed by atoms with Crippen LogP contribution in [-0.4, -0.2) is 8.42 Å². The Balaban J connectivity index is 2.38. The SMILES string of the molecule is Cc1ccc(NS(=O)(=O)c2ccccc2NN)cc1C. The molecule has 0 spiro atoms. The van der Waals surface area contributed by atoms with Crippen molar-refractivity contribution in [3.8, 4) is 0 Å². The first-order chi connectivity index (χ1) is 9.44. The molecule has 0 unspecified atom stereocenters. The van der Waals surface area contributed by atoms with E-state index >= 15 is 0 Å². The highest BCUT2D eigenvalue weighted by Crippen LogP contribution is 2.23. The highest BCUT2D eigenvalue weighted by molar-refractivity contribution is 7.92. The molecule has 0 aromatic heterocycles. The third-order valence-electron chi connectivity index (χ3n) is 3.09. The van der Waals surface area contributed by atoms with E-state index < -0.39 is 10.0 Å². The van der Waals surface area contributed by atoms with Gasteiger partial charge in [0.1, 0.15) is 4.90 Å². The number of nitrogens with one attached hydrogen (secondary N) is 2. The summed E-state index contributed by atoms with van der Waals surface area (Å²) in [5.74, 6) is 5.34. The van der Waals surface area contributed by atoms with Gasteiger partial charge in [0.05, 0.1) is 5.69 Å². The van der Waals surface area contributed by atoms with Gasteiger partial charge in [-0.2, -0.15) is 0 Å². The first-order valence-electron chi connectivity index (χ1n) is 6.10. The van der Waals surface area contributed by atoms with Crippen LogP contribution >= 0.6 is 0 Å². The first kappa shape index (κ1) is 14.4. The summed E-state index contributed by atoms with van der Waals surface area (Å²) in [6.07, 6.45) is 0. The average Bonchev–Trinajstić information content (AvgIpc) is 2.42. The number of nitrogens with two attached hydrogens (primary N) is 1. The minimum absolute atomic E-state index is 0.112. The van der Waals surface area contributed by atoms with Gasteiger partial charge in [0.15, 0.2) is 0 Å². The minimum atomic E-state index is -3.68. The van der Waals surface area contributed by atoms with Gasteiger partial charge in [-0.25, -0.2) is 8.42 Å². The van der Waals surface area contributed by atoms with Crippen LogP contribution in [0.15, 0.2) is 47.4 Å². The molecule has 0 atom stereocenters. The predicted octanol–water partition coefficient (Wildman–Crippen LogP) is 2.39. The Hall–Kier alpha value is -2.05. The van der Waals surface area contributed by atoms with Crippen molar-refractivity contribution in [3.63, 3.8) is 0 Å². The van der Waals surface area contributed by atoms with Gasteiger partial charge in [-0.05, 0) is 49.2 Å². The van der Waals surface area contributed by atoms with E-state index in [9.17, 15) is 8.42 Å². The molecule has 106 valence electrons. The maximum absolute atomic E-state index is 12.4. The lowest BCUT2D eigenvalue weighted by Crippen LogP contribution is -2.17. The van der Waals surface area contributed by atoms with E-state index in [1.165, 1.54) is 6.07 Å². The second-order valence-corrected chi connectivity index (χ2v) is 6.20. The molecule has 2 aromatic carbocycles. The molecule has 0 aliphatic carbocycles. The maximum Gasteiger partial charge on any atom is 0.264 e. The third kappa shape index (κ3) is 2.92. The van der Waals surface area contributed by atoms with E-state index in [0.29, 0.717) is 11.4 Å². The van der Waals surface area contributed by atoms with Gasteiger partial charge in [-0.1, -0.05) is 18.2 Å². The first-order valence-corrected chi connectivity index (χ1v) is 7.58. The minimum Gasteiger partial charge on any atom is -0.323 e. The van der Waals surface area contributed by atoms with Crippen LogP contribution in [0.25, 0.3) is 0 Å². The van der Waals surface area contributed by atoms with E-state index in [0.717, 1.165) is 11.1 Å². The summed E-state index contributed by atoms with van der Waals surface area (Å²) >= 11 is 0. The predicted molar refractivity (Wildman–Crippen MR) is 81.0 cm³/mol. The Morgan fingerprint density at radius 3 is 2.35 bits per heavy atom. The molecule has 0 heterocycles. The highest BCUT2D eigenvalue weighted by Gasteiger charge is 2.18. The fourth-order valence-corrected chi connectivity index (χ4v) is 3.06. The van der Waals surface area contributed by atoms with Crippen LogP contribution < -0.4 is 16.0 Å². The van der Waals surface area contributed by atoms with Gasteiger partial charge in [0, 0.05) is 5.69 Å². The second-order valence-electron chi connectivity index (χ2n) is 4.55. The average molecular weight is 291 g/mol. The smallest absolute Gasteiger partial charge is 0.264 e. The van der Waals surface area contributed by atoms with Crippen LogP contribution in [0.4, 0.5) is 11.4 Å². The van der Waals surface area contributed by atoms with Gasteiger partial charge in [-0.3, -0.25) is 10.6 Å². The van der Waals surface area contributed by atoms with Crippen molar-refractivity contribution in [2.24, 2.45) is 5.84 Å². The number of sulfonamides is 1. The Kier molecular flexibility index (Phi) is 3.96. The van der Waals surface area contributed by atoms with Crippen LogP contribution in [-0.2, 0) is 10.0 Å². The summed E-state index contributed by atoms with van der Waals surface area (Å²) < 4.78 is 27.3. The van der Waals surface area contributed by atoms with Crippen LogP contribution in [0.1, 0.15) is 11.1 Å². The zero-order chi connectivity index (χ0) is 14.8. The Bertz CT molecular complexity index is 727. The topological polar surface area (TPSA) is 84.2 Å². The lowest BCUT2D eigenvalue weighted by atomic mass is 10.1. The van der Waals surface area contributed by atoms with Crippen LogP contribution in [0.5, 0.6) is 0 Å². The van der Waals surface area contributed by atoms with Gasteiger partial charge >= 0.3 is 0 Å². The normalized spacial score (nSPS) is 11.2. The number of benzene rings is 2. The van der Waals surface area contributed by atoms with Crippen molar-refractivity contribution < 1.29 is 8.42 Å². The molecule has 0 bridgehead atoms. The Morgan fingerprint density at radius 2 is 1.70 bits per heavy atom. The van der Waals surface area contributed by atoms with Crippen molar-refractivity contribution in [2.75, 3.05) is 10.1 Å². The Labute approximate surface area is 118 Å². The van der Waals surface area contributed by atoms with Crippen molar-refractivity contribution in [1.29, 1.82) is 0 Å². The molecule has 6 heteroatoms. The standard InChI is InChI=1S/C14H17N3O2S/c1-10-7-8-12(9-11(10)2)17-20(18,19)14-6-4-3-5-13(14)16-15/h3-9,16-17H,15H2,1-2H3. The third-order valence-corrected chi connectivity index (χ3v) is 4.53. The molecular formula is C14H17N3O2S. The number of hydrogen-bond donors (Lipinski definition) is 3. The molecule has 5 nitrogen and oxygen atoms in total. The molecule has 0 saturated carbocycles. The van der Waals surface area contributed by atoms with E-state index in [4.69, 9.17) is 5.84 Å². The number of para-hydroxylation sites is 1. The largest absolute Gasteiger partial charge is 0.323 e. The fraction of sp³-hybridized carbons (Fsp3) is 0.143. The van der Waals surface area contributed by atoms with Gasteiger partial charge in [0.2, 0.25) is 0 Å². The molecule has 2 rings (SSSR count). The number of hydrogen-bond acceptors (Lipinski definition) is 4. The number of aryl methyl sites for hydroxylation is 2. The van der Waals surface area contributed by atoms with Crippen molar-refractivity contribution in [3.05, 3.63) is 53.6 Å². The number of nitrogen functional groups attached to an aromatic ring is 1. The van der Waals surface area contributed by atoms with Gasteiger partial charge < -0.3 is 5.43 Å². The zero-order valence-electron chi connectivity index (χ0n) is 11.3. The van der Waals surface area contributed by atoms with E-state index in [-0.39, 0.29) is 4.90 Å². The summed E-state index contributed by atoms with van der Waals surface area (Å²) in [6.45, 7) is 3.91. The van der Waals surface area contributed by atoms with Crippen LogP contribution in [0.3, 0.4) is 0 Å². The monoisotopic (exact) mass is 291 g/mol. The van der Waals surface area contributed by atoms with E-state index in [2.05, 4.69) is 10.1 Å². The quantitative estimate of drug-likeness (QED) is 0.596.